The average Bonchev–Trinajstić information content (AvgIpc) is 2.08. The molecule has 14 heavy (non-hydrogen) atoms. The van der Waals surface area contributed by atoms with Crippen LogP contribution in [0.4, 0.5) is 13.2 Å². The van der Waals surface area contributed by atoms with Gasteiger partial charge in [-0.25, -0.2) is 18.2 Å². The number of nitrogens with zero attached hydrogens (tertiary/aromatic N) is 1. The molecule has 1 heterocycles. The Balaban J connectivity index is 3.39. The van der Waals surface area contributed by atoms with Gasteiger partial charge in [-0.05, 0) is 28.7 Å². The van der Waals surface area contributed by atoms with E-state index in [1.165, 1.54) is 22.6 Å². The second-order valence-electron chi connectivity index (χ2n) is 2.36. The van der Waals surface area contributed by atoms with Gasteiger partial charge in [0.1, 0.15) is 9.39 Å². The van der Waals surface area contributed by atoms with Crippen LogP contribution >= 0.6 is 22.6 Å². The Bertz CT molecular complexity index is 383. The van der Waals surface area contributed by atoms with Crippen LogP contribution in [0.15, 0.2) is 6.07 Å². The fraction of sp³-hybridized carbons (Fsp3) is 0.143. The Morgan fingerprint density at radius 3 is 2.57 bits per heavy atom. The van der Waals surface area contributed by atoms with Crippen molar-refractivity contribution in [2.24, 2.45) is 5.73 Å². The van der Waals surface area contributed by atoms with Gasteiger partial charge >= 0.3 is 0 Å². The summed E-state index contributed by atoms with van der Waals surface area (Å²) in [6.07, 6.45) is -2.98. The molecule has 0 radical (unpaired) electrons. The molecule has 0 saturated carbocycles. The van der Waals surface area contributed by atoms with Crippen molar-refractivity contribution >= 4 is 28.5 Å². The number of carbonyl (C=O) groups excluding carboxylic acids is 1. The van der Waals surface area contributed by atoms with E-state index in [0.29, 0.717) is 6.07 Å². The lowest BCUT2D eigenvalue weighted by Gasteiger charge is -2.05. The predicted octanol–water partition coefficient (Wildman–Crippen LogP) is 1.86. The molecule has 0 aliphatic carbocycles. The molecule has 1 aromatic rings. The van der Waals surface area contributed by atoms with E-state index in [4.69, 9.17) is 5.73 Å². The van der Waals surface area contributed by atoms with Crippen LogP contribution in [0.5, 0.6) is 0 Å². The van der Waals surface area contributed by atoms with Gasteiger partial charge in [-0.15, -0.1) is 0 Å². The van der Waals surface area contributed by atoms with E-state index in [9.17, 15) is 18.0 Å². The maximum atomic E-state index is 12.8. The number of nitrogens with two attached hydrogens (primary N) is 1. The molecule has 76 valence electrons. The molecule has 3 nitrogen and oxygen atoms in total. The van der Waals surface area contributed by atoms with Crippen LogP contribution in [0.2, 0.25) is 0 Å². The lowest BCUT2D eigenvalue weighted by molar-refractivity contribution is 0.0979. The Labute approximate surface area is 90.6 Å². The van der Waals surface area contributed by atoms with E-state index in [1.54, 1.807) is 0 Å². The van der Waals surface area contributed by atoms with E-state index < -0.39 is 29.4 Å². The molecule has 1 rings (SSSR count). The zero-order chi connectivity index (χ0) is 10.9. The first kappa shape index (κ1) is 11.2. The fourth-order valence-corrected chi connectivity index (χ4v) is 1.24. The summed E-state index contributed by atoms with van der Waals surface area (Å²) in [6, 6.07) is 0.569. The number of rotatable bonds is 2. The maximum Gasteiger partial charge on any atom is 0.267 e. The molecule has 2 N–H and O–H groups in total. The van der Waals surface area contributed by atoms with Gasteiger partial charge in [-0.3, -0.25) is 4.79 Å². The average molecular weight is 316 g/mol. The molecule has 0 saturated heterocycles. The SMILES string of the molecule is NC(=O)c1nc(I)c(F)cc1C(F)F. The summed E-state index contributed by atoms with van der Waals surface area (Å²) < 4.78 is 37.2. The number of alkyl halides is 2. The second kappa shape index (κ2) is 4.11. The van der Waals surface area contributed by atoms with Crippen molar-refractivity contribution in [3.63, 3.8) is 0 Å². The van der Waals surface area contributed by atoms with E-state index >= 15 is 0 Å². The Morgan fingerprint density at radius 2 is 2.14 bits per heavy atom. The standard InChI is InChI=1S/C7H4F3IN2O/c8-3-1-2(5(9)10)4(7(12)14)13-6(3)11/h1,5H,(H2,12,14). The van der Waals surface area contributed by atoms with Gasteiger partial charge in [-0.2, -0.15) is 0 Å². The Kier molecular flexibility index (Phi) is 3.29. The zero-order valence-electron chi connectivity index (χ0n) is 6.60. The Hall–Kier alpha value is -0.860. The molecule has 1 amide bonds. The van der Waals surface area contributed by atoms with Crippen molar-refractivity contribution < 1.29 is 18.0 Å². The highest BCUT2D eigenvalue weighted by molar-refractivity contribution is 14.1. The maximum absolute atomic E-state index is 12.8. The minimum atomic E-state index is -2.98. The quantitative estimate of drug-likeness (QED) is 0.669. The molecule has 0 spiro atoms. The molecule has 0 bridgehead atoms. The van der Waals surface area contributed by atoms with Gasteiger partial charge in [0.05, 0.1) is 5.56 Å². The molecule has 0 aromatic carbocycles. The minimum Gasteiger partial charge on any atom is -0.364 e. The topological polar surface area (TPSA) is 56.0 Å². The highest BCUT2D eigenvalue weighted by Gasteiger charge is 2.20. The van der Waals surface area contributed by atoms with Gasteiger partial charge in [-0.1, -0.05) is 0 Å². The van der Waals surface area contributed by atoms with Crippen molar-refractivity contribution in [3.8, 4) is 0 Å². The summed E-state index contributed by atoms with van der Waals surface area (Å²) >= 11 is 1.48. The Morgan fingerprint density at radius 1 is 1.57 bits per heavy atom. The van der Waals surface area contributed by atoms with Crippen LogP contribution in [0.3, 0.4) is 0 Å². The van der Waals surface area contributed by atoms with E-state index in [0.717, 1.165) is 0 Å². The summed E-state index contributed by atoms with van der Waals surface area (Å²) in [5.41, 5.74) is 3.44. The first-order valence-electron chi connectivity index (χ1n) is 3.37. The number of amides is 1. The molecule has 0 unspecified atom stereocenters. The first-order valence-corrected chi connectivity index (χ1v) is 4.45. The van der Waals surface area contributed by atoms with Gasteiger partial charge < -0.3 is 5.73 Å². The third-order valence-electron chi connectivity index (χ3n) is 1.43. The molecule has 7 heteroatoms. The molecule has 1 aromatic heterocycles. The summed E-state index contributed by atoms with van der Waals surface area (Å²) in [4.78, 5) is 14.0. The number of carbonyl (C=O) groups is 1. The van der Waals surface area contributed by atoms with Crippen molar-refractivity contribution in [3.05, 3.63) is 26.8 Å². The van der Waals surface area contributed by atoms with Gasteiger partial charge in [0.2, 0.25) is 0 Å². The molecule has 0 fully saturated rings. The summed E-state index contributed by atoms with van der Waals surface area (Å²) in [5, 5.41) is 0. The van der Waals surface area contributed by atoms with E-state index in [1.807, 2.05) is 0 Å². The molecule has 0 aliphatic rings. The fourth-order valence-electron chi connectivity index (χ4n) is 0.844. The predicted molar refractivity (Wildman–Crippen MR) is 50.4 cm³/mol. The summed E-state index contributed by atoms with van der Waals surface area (Å²) in [6.45, 7) is 0. The summed E-state index contributed by atoms with van der Waals surface area (Å²) in [5.74, 6) is -2.00. The van der Waals surface area contributed by atoms with E-state index in [-0.39, 0.29) is 3.70 Å². The zero-order valence-corrected chi connectivity index (χ0v) is 8.76. The molecular formula is C7H4F3IN2O. The van der Waals surface area contributed by atoms with Crippen LogP contribution in [-0.2, 0) is 0 Å². The van der Waals surface area contributed by atoms with Crippen LogP contribution in [0.25, 0.3) is 0 Å². The molecular weight excluding hydrogens is 312 g/mol. The lowest BCUT2D eigenvalue weighted by atomic mass is 10.2. The first-order chi connectivity index (χ1) is 6.43. The van der Waals surface area contributed by atoms with Crippen molar-refractivity contribution in [1.82, 2.24) is 4.98 Å². The minimum absolute atomic E-state index is 0.166. The van der Waals surface area contributed by atoms with Gasteiger partial charge in [0, 0.05) is 0 Å². The summed E-state index contributed by atoms with van der Waals surface area (Å²) in [7, 11) is 0. The number of hydrogen-bond donors (Lipinski definition) is 1. The number of hydrogen-bond acceptors (Lipinski definition) is 2. The van der Waals surface area contributed by atoms with Crippen molar-refractivity contribution in [2.75, 3.05) is 0 Å². The monoisotopic (exact) mass is 316 g/mol. The molecule has 0 aliphatic heterocycles. The number of halogens is 4. The van der Waals surface area contributed by atoms with Gasteiger partial charge in [0.25, 0.3) is 12.3 Å². The largest absolute Gasteiger partial charge is 0.364 e. The highest BCUT2D eigenvalue weighted by Crippen LogP contribution is 2.24. The highest BCUT2D eigenvalue weighted by atomic mass is 127. The normalized spacial score (nSPS) is 10.6. The van der Waals surface area contributed by atoms with Crippen LogP contribution in [0.1, 0.15) is 22.5 Å². The number of primary amides is 1. The van der Waals surface area contributed by atoms with Crippen LogP contribution in [0, 0.1) is 9.52 Å². The number of pyridine rings is 1. The van der Waals surface area contributed by atoms with Crippen LogP contribution in [-0.4, -0.2) is 10.9 Å². The van der Waals surface area contributed by atoms with Crippen molar-refractivity contribution in [1.29, 1.82) is 0 Å². The van der Waals surface area contributed by atoms with E-state index in [2.05, 4.69) is 4.98 Å². The smallest absolute Gasteiger partial charge is 0.267 e. The lowest BCUT2D eigenvalue weighted by Crippen LogP contribution is -2.17. The van der Waals surface area contributed by atoms with Crippen LogP contribution < -0.4 is 5.73 Å². The third-order valence-corrected chi connectivity index (χ3v) is 2.19. The molecule has 0 atom stereocenters. The number of aromatic nitrogens is 1. The third kappa shape index (κ3) is 2.14. The van der Waals surface area contributed by atoms with Crippen molar-refractivity contribution in [2.45, 2.75) is 6.43 Å². The second-order valence-corrected chi connectivity index (χ2v) is 3.39. The van der Waals surface area contributed by atoms with Gasteiger partial charge in [0.15, 0.2) is 5.82 Å².